The van der Waals surface area contributed by atoms with Gasteiger partial charge in [-0.15, -0.1) is 0 Å². The standard InChI is InChI=1S/C15H25NO/c1-5-11(2)14-8-6-7-9-15(14)17-13(4)10-12(3)16/h6-9,11-13H,5,10,16H2,1-4H3. The number of hydrogen-bond donors (Lipinski definition) is 1. The lowest BCUT2D eigenvalue weighted by molar-refractivity contribution is 0.200. The molecule has 1 aromatic carbocycles. The Hall–Kier alpha value is -1.02. The molecule has 0 saturated heterocycles. The average Bonchev–Trinajstić information content (AvgIpc) is 2.27. The SMILES string of the molecule is CCC(C)c1ccccc1OC(C)CC(C)N. The normalized spacial score (nSPS) is 16.3. The van der Waals surface area contributed by atoms with E-state index in [1.807, 2.05) is 13.0 Å². The Morgan fingerprint density at radius 1 is 1.18 bits per heavy atom. The molecule has 2 nitrogen and oxygen atoms in total. The fraction of sp³-hybridized carbons (Fsp3) is 0.600. The first kappa shape index (κ1) is 14.0. The van der Waals surface area contributed by atoms with Gasteiger partial charge in [-0.25, -0.2) is 0 Å². The van der Waals surface area contributed by atoms with Crippen molar-refractivity contribution in [2.45, 2.75) is 58.6 Å². The fourth-order valence-electron chi connectivity index (χ4n) is 2.00. The Kier molecular flexibility index (Phi) is 5.49. The van der Waals surface area contributed by atoms with Crippen LogP contribution in [0.4, 0.5) is 0 Å². The Bertz CT molecular complexity index is 335. The Morgan fingerprint density at radius 3 is 2.41 bits per heavy atom. The molecule has 0 aliphatic rings. The van der Waals surface area contributed by atoms with E-state index in [1.54, 1.807) is 0 Å². The summed E-state index contributed by atoms with van der Waals surface area (Å²) in [6.45, 7) is 8.53. The van der Waals surface area contributed by atoms with Crippen LogP contribution in [-0.2, 0) is 0 Å². The van der Waals surface area contributed by atoms with Crippen molar-refractivity contribution in [1.82, 2.24) is 0 Å². The van der Waals surface area contributed by atoms with Crippen LogP contribution in [0.3, 0.4) is 0 Å². The van der Waals surface area contributed by atoms with Crippen molar-refractivity contribution in [1.29, 1.82) is 0 Å². The van der Waals surface area contributed by atoms with Gasteiger partial charge in [0.05, 0.1) is 6.10 Å². The first-order valence-corrected chi connectivity index (χ1v) is 6.55. The second kappa shape index (κ2) is 6.65. The molecular weight excluding hydrogens is 210 g/mol. The molecule has 3 atom stereocenters. The molecule has 0 spiro atoms. The third-order valence-electron chi connectivity index (χ3n) is 3.09. The van der Waals surface area contributed by atoms with Crippen molar-refractivity contribution in [3.63, 3.8) is 0 Å². The highest BCUT2D eigenvalue weighted by atomic mass is 16.5. The van der Waals surface area contributed by atoms with Gasteiger partial charge in [0.1, 0.15) is 5.75 Å². The first-order valence-electron chi connectivity index (χ1n) is 6.55. The third-order valence-corrected chi connectivity index (χ3v) is 3.09. The van der Waals surface area contributed by atoms with Crippen molar-refractivity contribution >= 4 is 0 Å². The van der Waals surface area contributed by atoms with Gasteiger partial charge in [-0.2, -0.15) is 0 Å². The summed E-state index contributed by atoms with van der Waals surface area (Å²) in [5.41, 5.74) is 7.09. The molecule has 0 radical (unpaired) electrons. The lowest BCUT2D eigenvalue weighted by Gasteiger charge is -2.21. The molecule has 0 bridgehead atoms. The lowest BCUT2D eigenvalue weighted by atomic mass is 9.98. The largest absolute Gasteiger partial charge is 0.490 e. The predicted octanol–water partition coefficient (Wildman–Crippen LogP) is 3.70. The Balaban J connectivity index is 2.76. The van der Waals surface area contributed by atoms with Crippen molar-refractivity contribution in [3.05, 3.63) is 29.8 Å². The van der Waals surface area contributed by atoms with E-state index in [4.69, 9.17) is 10.5 Å². The van der Waals surface area contributed by atoms with E-state index in [-0.39, 0.29) is 12.1 Å². The summed E-state index contributed by atoms with van der Waals surface area (Å²) >= 11 is 0. The molecule has 0 saturated carbocycles. The van der Waals surface area contributed by atoms with Crippen LogP contribution in [0.5, 0.6) is 5.75 Å². The van der Waals surface area contributed by atoms with E-state index in [0.717, 1.165) is 18.6 Å². The maximum Gasteiger partial charge on any atom is 0.123 e. The van der Waals surface area contributed by atoms with Gasteiger partial charge in [-0.05, 0) is 44.2 Å². The van der Waals surface area contributed by atoms with Crippen LogP contribution in [0.1, 0.15) is 52.0 Å². The Morgan fingerprint density at radius 2 is 1.82 bits per heavy atom. The van der Waals surface area contributed by atoms with Crippen LogP contribution < -0.4 is 10.5 Å². The number of benzene rings is 1. The summed E-state index contributed by atoms with van der Waals surface area (Å²) in [5, 5.41) is 0. The second-order valence-corrected chi connectivity index (χ2v) is 4.99. The summed E-state index contributed by atoms with van der Waals surface area (Å²) < 4.78 is 6.00. The summed E-state index contributed by atoms with van der Waals surface area (Å²) in [7, 11) is 0. The minimum Gasteiger partial charge on any atom is -0.490 e. The molecule has 96 valence electrons. The number of rotatable bonds is 6. The third kappa shape index (κ3) is 4.39. The molecule has 0 aliphatic carbocycles. The van der Waals surface area contributed by atoms with Crippen LogP contribution >= 0.6 is 0 Å². The highest BCUT2D eigenvalue weighted by molar-refractivity contribution is 5.36. The van der Waals surface area contributed by atoms with Gasteiger partial charge in [0.15, 0.2) is 0 Å². The van der Waals surface area contributed by atoms with E-state index in [2.05, 4.69) is 39.0 Å². The van der Waals surface area contributed by atoms with E-state index >= 15 is 0 Å². The summed E-state index contributed by atoms with van der Waals surface area (Å²) in [5.74, 6) is 1.55. The summed E-state index contributed by atoms with van der Waals surface area (Å²) in [4.78, 5) is 0. The molecule has 0 heterocycles. The van der Waals surface area contributed by atoms with Crippen LogP contribution in [0, 0.1) is 0 Å². The predicted molar refractivity (Wildman–Crippen MR) is 73.5 cm³/mol. The van der Waals surface area contributed by atoms with Crippen molar-refractivity contribution in [2.75, 3.05) is 0 Å². The molecule has 17 heavy (non-hydrogen) atoms. The number of hydrogen-bond acceptors (Lipinski definition) is 2. The van der Waals surface area contributed by atoms with E-state index in [9.17, 15) is 0 Å². The first-order chi connectivity index (χ1) is 8.04. The molecule has 0 fully saturated rings. The van der Waals surface area contributed by atoms with E-state index < -0.39 is 0 Å². The molecule has 0 aliphatic heterocycles. The van der Waals surface area contributed by atoms with Gasteiger partial charge in [-0.1, -0.05) is 32.0 Å². The molecule has 0 amide bonds. The smallest absolute Gasteiger partial charge is 0.123 e. The van der Waals surface area contributed by atoms with Crippen LogP contribution in [0.15, 0.2) is 24.3 Å². The second-order valence-electron chi connectivity index (χ2n) is 4.99. The zero-order valence-electron chi connectivity index (χ0n) is 11.4. The minimum atomic E-state index is 0.167. The maximum absolute atomic E-state index is 6.00. The van der Waals surface area contributed by atoms with Crippen molar-refractivity contribution in [2.24, 2.45) is 5.73 Å². The zero-order chi connectivity index (χ0) is 12.8. The van der Waals surface area contributed by atoms with Gasteiger partial charge in [0.25, 0.3) is 0 Å². The van der Waals surface area contributed by atoms with Crippen molar-refractivity contribution < 1.29 is 4.74 Å². The summed E-state index contributed by atoms with van der Waals surface area (Å²) in [6, 6.07) is 8.49. The van der Waals surface area contributed by atoms with Gasteiger partial charge < -0.3 is 10.5 Å². The Labute approximate surface area is 105 Å². The van der Waals surface area contributed by atoms with Gasteiger partial charge >= 0.3 is 0 Å². The molecule has 2 heteroatoms. The maximum atomic E-state index is 6.00. The quantitative estimate of drug-likeness (QED) is 0.816. The summed E-state index contributed by atoms with van der Waals surface area (Å²) in [6.07, 6.45) is 2.18. The van der Waals surface area contributed by atoms with Gasteiger partial charge in [-0.3, -0.25) is 0 Å². The van der Waals surface area contributed by atoms with Crippen LogP contribution in [0.2, 0.25) is 0 Å². The number of ether oxygens (including phenoxy) is 1. The topological polar surface area (TPSA) is 35.2 Å². The monoisotopic (exact) mass is 235 g/mol. The molecule has 2 N–H and O–H groups in total. The molecule has 3 unspecified atom stereocenters. The van der Waals surface area contributed by atoms with Crippen molar-refractivity contribution in [3.8, 4) is 5.75 Å². The highest BCUT2D eigenvalue weighted by Gasteiger charge is 2.13. The highest BCUT2D eigenvalue weighted by Crippen LogP contribution is 2.29. The lowest BCUT2D eigenvalue weighted by Crippen LogP contribution is -2.25. The van der Waals surface area contributed by atoms with Crippen LogP contribution in [0.25, 0.3) is 0 Å². The number of para-hydroxylation sites is 1. The minimum absolute atomic E-state index is 0.167. The number of nitrogens with two attached hydrogens (primary N) is 1. The molecule has 1 aromatic rings. The van der Waals surface area contributed by atoms with Gasteiger partial charge in [0, 0.05) is 6.04 Å². The zero-order valence-corrected chi connectivity index (χ0v) is 11.4. The van der Waals surface area contributed by atoms with Gasteiger partial charge in [0.2, 0.25) is 0 Å². The average molecular weight is 235 g/mol. The van der Waals surface area contributed by atoms with E-state index in [0.29, 0.717) is 5.92 Å². The molecule has 0 aromatic heterocycles. The molecular formula is C15H25NO. The van der Waals surface area contributed by atoms with E-state index in [1.165, 1.54) is 5.56 Å². The molecule has 1 rings (SSSR count). The fourth-order valence-corrected chi connectivity index (χ4v) is 2.00. The van der Waals surface area contributed by atoms with Crippen LogP contribution in [-0.4, -0.2) is 12.1 Å².